The van der Waals surface area contributed by atoms with Crippen LogP contribution in [0.2, 0.25) is 0 Å². The normalized spacial score (nSPS) is 10.1. The summed E-state index contributed by atoms with van der Waals surface area (Å²) in [7, 11) is 0. The third-order valence-corrected chi connectivity index (χ3v) is 2.56. The molecule has 3 heteroatoms. The molecule has 2 rings (SSSR count). The average Bonchev–Trinajstić information content (AvgIpc) is 2.35. The van der Waals surface area contributed by atoms with Gasteiger partial charge in [-0.2, -0.15) is 0 Å². The van der Waals surface area contributed by atoms with Gasteiger partial charge in [0, 0.05) is 12.5 Å². The molecule has 0 saturated heterocycles. The van der Waals surface area contributed by atoms with E-state index in [0.717, 1.165) is 12.2 Å². The fraction of sp³-hybridized carbons (Fsp3) is 0.143. The Balaban J connectivity index is 1.88. The summed E-state index contributed by atoms with van der Waals surface area (Å²) >= 11 is 0. The number of ether oxygens (including phenoxy) is 1. The van der Waals surface area contributed by atoms with Crippen LogP contribution < -0.4 is 16.2 Å². The van der Waals surface area contributed by atoms with Gasteiger partial charge in [-0.05, 0) is 17.7 Å². The second-order valence-electron chi connectivity index (χ2n) is 3.87. The Kier molecular flexibility index (Phi) is 3.50. The molecular formula is C14H16N2O. The molecule has 0 aliphatic rings. The van der Waals surface area contributed by atoms with Crippen molar-refractivity contribution in [2.24, 2.45) is 0 Å². The summed E-state index contributed by atoms with van der Waals surface area (Å²) in [5, 5.41) is 0. The molecule has 0 radical (unpaired) electrons. The van der Waals surface area contributed by atoms with E-state index in [0.29, 0.717) is 18.0 Å². The van der Waals surface area contributed by atoms with Crippen molar-refractivity contribution in [2.45, 2.75) is 6.42 Å². The van der Waals surface area contributed by atoms with Crippen LogP contribution in [-0.4, -0.2) is 6.61 Å². The SMILES string of the molecule is Nc1ccc(OCCc2ccccc2)cc1N. The predicted molar refractivity (Wildman–Crippen MR) is 70.9 cm³/mol. The van der Waals surface area contributed by atoms with Crippen LogP contribution >= 0.6 is 0 Å². The summed E-state index contributed by atoms with van der Waals surface area (Å²) < 4.78 is 5.61. The molecule has 4 N–H and O–H groups in total. The fourth-order valence-corrected chi connectivity index (χ4v) is 1.57. The third kappa shape index (κ3) is 3.14. The average molecular weight is 228 g/mol. The van der Waals surface area contributed by atoms with Crippen molar-refractivity contribution in [3.8, 4) is 5.75 Å². The molecule has 3 nitrogen and oxygen atoms in total. The molecule has 0 saturated carbocycles. The first-order chi connectivity index (χ1) is 8.25. The van der Waals surface area contributed by atoms with E-state index in [1.165, 1.54) is 5.56 Å². The lowest BCUT2D eigenvalue weighted by Crippen LogP contribution is -2.02. The maximum Gasteiger partial charge on any atom is 0.121 e. The second kappa shape index (κ2) is 5.25. The van der Waals surface area contributed by atoms with Gasteiger partial charge in [-0.1, -0.05) is 30.3 Å². The molecule has 0 heterocycles. The first kappa shape index (κ1) is 11.3. The molecule has 2 aromatic rings. The maximum atomic E-state index is 5.70. The van der Waals surface area contributed by atoms with Gasteiger partial charge in [0.15, 0.2) is 0 Å². The zero-order valence-corrected chi connectivity index (χ0v) is 9.60. The van der Waals surface area contributed by atoms with E-state index in [1.807, 2.05) is 24.3 Å². The molecule has 0 bridgehead atoms. The topological polar surface area (TPSA) is 61.3 Å². The first-order valence-electron chi connectivity index (χ1n) is 5.57. The van der Waals surface area contributed by atoms with Crippen molar-refractivity contribution in [1.82, 2.24) is 0 Å². The Morgan fingerprint density at radius 2 is 1.65 bits per heavy atom. The summed E-state index contributed by atoms with van der Waals surface area (Å²) in [5.74, 6) is 0.757. The van der Waals surface area contributed by atoms with Gasteiger partial charge in [-0.15, -0.1) is 0 Å². The number of hydrogen-bond acceptors (Lipinski definition) is 3. The lowest BCUT2D eigenvalue weighted by molar-refractivity contribution is 0.322. The fourth-order valence-electron chi connectivity index (χ4n) is 1.57. The van der Waals surface area contributed by atoms with E-state index in [-0.39, 0.29) is 0 Å². The minimum atomic E-state index is 0.558. The van der Waals surface area contributed by atoms with Gasteiger partial charge in [0.05, 0.1) is 18.0 Å². The molecule has 88 valence electrons. The monoisotopic (exact) mass is 228 g/mol. The van der Waals surface area contributed by atoms with Crippen LogP contribution in [0.4, 0.5) is 11.4 Å². The number of hydrogen-bond donors (Lipinski definition) is 2. The quantitative estimate of drug-likeness (QED) is 0.790. The maximum absolute atomic E-state index is 5.70. The lowest BCUT2D eigenvalue weighted by atomic mass is 10.2. The number of rotatable bonds is 4. The van der Waals surface area contributed by atoms with Gasteiger partial charge in [0.25, 0.3) is 0 Å². The van der Waals surface area contributed by atoms with Crippen molar-refractivity contribution in [2.75, 3.05) is 18.1 Å². The largest absolute Gasteiger partial charge is 0.493 e. The highest BCUT2D eigenvalue weighted by Crippen LogP contribution is 2.21. The molecule has 0 amide bonds. The molecule has 0 aliphatic carbocycles. The van der Waals surface area contributed by atoms with E-state index in [9.17, 15) is 0 Å². The molecule has 0 atom stereocenters. The van der Waals surface area contributed by atoms with Crippen LogP contribution in [0.15, 0.2) is 48.5 Å². The van der Waals surface area contributed by atoms with Gasteiger partial charge in [0.1, 0.15) is 5.75 Å². The van der Waals surface area contributed by atoms with Crippen molar-refractivity contribution < 1.29 is 4.74 Å². The first-order valence-corrected chi connectivity index (χ1v) is 5.57. The van der Waals surface area contributed by atoms with Gasteiger partial charge in [-0.25, -0.2) is 0 Å². The van der Waals surface area contributed by atoms with Crippen molar-refractivity contribution >= 4 is 11.4 Å². The van der Waals surface area contributed by atoms with E-state index in [1.54, 1.807) is 12.1 Å². The minimum absolute atomic E-state index is 0.558. The van der Waals surface area contributed by atoms with E-state index in [4.69, 9.17) is 16.2 Å². The van der Waals surface area contributed by atoms with Crippen LogP contribution in [0.1, 0.15) is 5.56 Å². The Morgan fingerprint density at radius 3 is 2.35 bits per heavy atom. The number of nitrogens with two attached hydrogens (primary N) is 2. The Labute approximate surface area is 101 Å². The number of benzene rings is 2. The summed E-state index contributed by atoms with van der Waals surface area (Å²) in [6.07, 6.45) is 0.880. The van der Waals surface area contributed by atoms with Gasteiger partial charge in [-0.3, -0.25) is 0 Å². The van der Waals surface area contributed by atoms with Crippen LogP contribution in [0.5, 0.6) is 5.75 Å². The van der Waals surface area contributed by atoms with Crippen LogP contribution in [0.25, 0.3) is 0 Å². The molecule has 2 aromatic carbocycles. The standard InChI is InChI=1S/C14H16N2O/c15-13-7-6-12(10-14(13)16)17-9-8-11-4-2-1-3-5-11/h1-7,10H,8-9,15-16H2. The Hall–Kier alpha value is -2.16. The van der Waals surface area contributed by atoms with Crippen LogP contribution in [-0.2, 0) is 6.42 Å². The summed E-state index contributed by atoms with van der Waals surface area (Å²) in [5.41, 5.74) is 13.7. The van der Waals surface area contributed by atoms with E-state index < -0.39 is 0 Å². The third-order valence-electron chi connectivity index (χ3n) is 2.56. The van der Waals surface area contributed by atoms with Crippen molar-refractivity contribution in [3.05, 3.63) is 54.1 Å². The summed E-state index contributed by atoms with van der Waals surface area (Å²) in [6, 6.07) is 15.6. The summed E-state index contributed by atoms with van der Waals surface area (Å²) in [4.78, 5) is 0. The Morgan fingerprint density at radius 1 is 0.882 bits per heavy atom. The molecule has 0 spiro atoms. The minimum Gasteiger partial charge on any atom is -0.493 e. The van der Waals surface area contributed by atoms with Gasteiger partial charge < -0.3 is 16.2 Å². The molecule has 0 unspecified atom stereocenters. The van der Waals surface area contributed by atoms with Crippen LogP contribution in [0.3, 0.4) is 0 Å². The zero-order chi connectivity index (χ0) is 12.1. The van der Waals surface area contributed by atoms with Crippen molar-refractivity contribution in [3.63, 3.8) is 0 Å². The second-order valence-corrected chi connectivity index (χ2v) is 3.87. The number of nitrogen functional groups attached to an aromatic ring is 2. The molecule has 0 fully saturated rings. The van der Waals surface area contributed by atoms with Crippen LogP contribution in [0, 0.1) is 0 Å². The molecule has 0 aliphatic heterocycles. The highest BCUT2D eigenvalue weighted by atomic mass is 16.5. The predicted octanol–water partition coefficient (Wildman–Crippen LogP) is 2.47. The summed E-state index contributed by atoms with van der Waals surface area (Å²) in [6.45, 7) is 0.632. The van der Waals surface area contributed by atoms with Crippen molar-refractivity contribution in [1.29, 1.82) is 0 Å². The molecule has 17 heavy (non-hydrogen) atoms. The lowest BCUT2D eigenvalue weighted by Gasteiger charge is -2.08. The van der Waals surface area contributed by atoms with Gasteiger partial charge >= 0.3 is 0 Å². The molecule has 0 aromatic heterocycles. The highest BCUT2D eigenvalue weighted by Gasteiger charge is 1.98. The Bertz CT molecular complexity index is 483. The highest BCUT2D eigenvalue weighted by molar-refractivity contribution is 5.65. The van der Waals surface area contributed by atoms with E-state index >= 15 is 0 Å². The van der Waals surface area contributed by atoms with E-state index in [2.05, 4.69) is 12.1 Å². The number of anilines is 2. The smallest absolute Gasteiger partial charge is 0.121 e. The zero-order valence-electron chi connectivity index (χ0n) is 9.60. The van der Waals surface area contributed by atoms with Gasteiger partial charge in [0.2, 0.25) is 0 Å². The molecular weight excluding hydrogens is 212 g/mol.